The van der Waals surface area contributed by atoms with Gasteiger partial charge in [-0.25, -0.2) is 4.79 Å². The summed E-state index contributed by atoms with van der Waals surface area (Å²) in [5.41, 5.74) is -2.91. The molecule has 0 aromatic rings. The number of ketones is 2. The minimum absolute atomic E-state index is 0.0256. The Morgan fingerprint density at radius 2 is 1.89 bits per heavy atom. The second kappa shape index (κ2) is 5.77. The molecule has 3 fully saturated rings. The predicted octanol–water partition coefficient (Wildman–Crippen LogP) is 2.01. The molecule has 152 valence electrons. The molecule has 0 spiro atoms. The quantitative estimate of drug-likeness (QED) is 0.476. The zero-order chi connectivity index (χ0) is 20.7. The van der Waals surface area contributed by atoms with Crippen LogP contribution in [-0.4, -0.2) is 49.4 Å². The first kappa shape index (κ1) is 19.8. The number of fused-ring (bicyclic) bond motifs is 5. The molecule has 3 N–H and O–H groups in total. The number of carbonyl (C=O) groups is 3. The Kier molecular flexibility index (Phi) is 4.08. The number of aliphatic hydroxyl groups is 2. The molecule has 7 atom stereocenters. The average Bonchev–Trinajstić information content (AvgIpc) is 2.88. The molecule has 3 saturated carbocycles. The number of aliphatic carboxylic acids is 1. The first-order chi connectivity index (χ1) is 12.9. The topological polar surface area (TPSA) is 112 Å². The Labute approximate surface area is 168 Å². The van der Waals surface area contributed by atoms with Crippen LogP contribution in [0.4, 0.5) is 0 Å². The van der Waals surface area contributed by atoms with Crippen molar-refractivity contribution in [1.29, 1.82) is 0 Å². The molecule has 4 aliphatic carbocycles. The summed E-state index contributed by atoms with van der Waals surface area (Å²) in [7, 11) is 0. The molecular formula is C21H25ClO6. The van der Waals surface area contributed by atoms with Crippen molar-refractivity contribution in [3.8, 4) is 0 Å². The van der Waals surface area contributed by atoms with E-state index in [0.29, 0.717) is 19.3 Å². The smallest absolute Gasteiger partial charge is 0.375 e. The molecule has 7 heteroatoms. The van der Waals surface area contributed by atoms with Gasteiger partial charge in [-0.2, -0.15) is 0 Å². The zero-order valence-corrected chi connectivity index (χ0v) is 16.7. The standard InChI is InChI=1S/C21H25ClO6/c1-18-7-5-12(23)9-11(18)3-4-14-13-6-8-20(28,16(25)17(26)27)19(13,2)10-15(24)21(14,18)22/h5,7,9,13-15,24,28H,3-4,6,8,10H2,1-2H3,(H,26,27)/t13-,14-,15?,18-,19-,20-,21-/m0/s1. The number of hydrogen-bond acceptors (Lipinski definition) is 5. The van der Waals surface area contributed by atoms with Gasteiger partial charge in [0, 0.05) is 10.8 Å². The van der Waals surface area contributed by atoms with Gasteiger partial charge in [0.2, 0.25) is 0 Å². The van der Waals surface area contributed by atoms with E-state index < -0.39 is 39.2 Å². The van der Waals surface area contributed by atoms with Gasteiger partial charge in [-0.3, -0.25) is 9.59 Å². The molecule has 0 amide bonds. The predicted molar refractivity (Wildman–Crippen MR) is 101 cm³/mol. The summed E-state index contributed by atoms with van der Waals surface area (Å²) in [5, 5.41) is 31.6. The molecule has 0 aromatic carbocycles. The van der Waals surface area contributed by atoms with Crippen molar-refractivity contribution in [2.45, 2.75) is 62.5 Å². The molecule has 0 saturated heterocycles. The van der Waals surface area contributed by atoms with Crippen molar-refractivity contribution in [3.05, 3.63) is 23.8 Å². The molecule has 0 radical (unpaired) electrons. The third kappa shape index (κ3) is 2.09. The van der Waals surface area contributed by atoms with E-state index in [2.05, 4.69) is 0 Å². The highest BCUT2D eigenvalue weighted by Crippen LogP contribution is 2.70. The van der Waals surface area contributed by atoms with Gasteiger partial charge < -0.3 is 15.3 Å². The van der Waals surface area contributed by atoms with Crippen LogP contribution >= 0.6 is 11.6 Å². The van der Waals surface area contributed by atoms with Gasteiger partial charge >= 0.3 is 5.97 Å². The molecule has 4 rings (SSSR count). The van der Waals surface area contributed by atoms with E-state index in [1.165, 1.54) is 6.08 Å². The van der Waals surface area contributed by atoms with Gasteiger partial charge in [-0.1, -0.05) is 25.5 Å². The first-order valence-electron chi connectivity index (χ1n) is 9.73. The van der Waals surface area contributed by atoms with Crippen molar-refractivity contribution in [2.24, 2.45) is 22.7 Å². The first-order valence-corrected chi connectivity index (χ1v) is 10.1. The summed E-state index contributed by atoms with van der Waals surface area (Å²) in [6, 6.07) is 0. The highest BCUT2D eigenvalue weighted by molar-refractivity contribution is 6.36. The lowest BCUT2D eigenvalue weighted by atomic mass is 9.45. The van der Waals surface area contributed by atoms with E-state index >= 15 is 0 Å². The Hall–Kier alpha value is -1.50. The summed E-state index contributed by atoms with van der Waals surface area (Å²) >= 11 is 7.22. The van der Waals surface area contributed by atoms with Gasteiger partial charge in [0.05, 0.1) is 11.0 Å². The van der Waals surface area contributed by atoms with Gasteiger partial charge in [0.15, 0.2) is 5.78 Å². The maximum Gasteiger partial charge on any atom is 0.375 e. The summed E-state index contributed by atoms with van der Waals surface area (Å²) in [4.78, 5) is 34.5. The van der Waals surface area contributed by atoms with E-state index in [1.807, 2.05) is 6.92 Å². The fourth-order valence-corrected chi connectivity index (χ4v) is 7.29. The minimum atomic E-state index is -2.02. The van der Waals surface area contributed by atoms with Crippen molar-refractivity contribution < 1.29 is 29.7 Å². The molecule has 6 nitrogen and oxygen atoms in total. The van der Waals surface area contributed by atoms with Gasteiger partial charge in [-0.15, -0.1) is 11.6 Å². The minimum Gasteiger partial charge on any atom is -0.475 e. The molecule has 4 aliphatic rings. The lowest BCUT2D eigenvalue weighted by Gasteiger charge is -2.63. The maximum atomic E-state index is 12.4. The summed E-state index contributed by atoms with van der Waals surface area (Å²) in [5.74, 6) is -3.39. The van der Waals surface area contributed by atoms with E-state index in [9.17, 15) is 29.7 Å². The van der Waals surface area contributed by atoms with Crippen LogP contribution in [0, 0.1) is 22.7 Å². The monoisotopic (exact) mass is 408 g/mol. The lowest BCUT2D eigenvalue weighted by molar-refractivity contribution is -0.180. The van der Waals surface area contributed by atoms with Crippen molar-refractivity contribution >= 4 is 29.1 Å². The Bertz CT molecular complexity index is 848. The molecule has 0 aromatic heterocycles. The Morgan fingerprint density at radius 1 is 1.21 bits per heavy atom. The van der Waals surface area contributed by atoms with Crippen LogP contribution in [0.2, 0.25) is 0 Å². The molecule has 0 heterocycles. The van der Waals surface area contributed by atoms with E-state index in [-0.39, 0.29) is 30.5 Å². The third-order valence-corrected chi connectivity index (χ3v) is 9.29. The van der Waals surface area contributed by atoms with Crippen LogP contribution in [0.3, 0.4) is 0 Å². The van der Waals surface area contributed by atoms with Crippen molar-refractivity contribution in [2.75, 3.05) is 0 Å². The highest BCUT2D eigenvalue weighted by atomic mass is 35.5. The largest absolute Gasteiger partial charge is 0.475 e. The van der Waals surface area contributed by atoms with Crippen LogP contribution in [0.15, 0.2) is 23.8 Å². The fraction of sp³-hybridized carbons (Fsp3) is 0.667. The van der Waals surface area contributed by atoms with Gasteiger partial charge in [0.25, 0.3) is 5.78 Å². The summed E-state index contributed by atoms with van der Waals surface area (Å²) < 4.78 is 0. The summed E-state index contributed by atoms with van der Waals surface area (Å²) in [6.07, 6.45) is 5.57. The van der Waals surface area contributed by atoms with Crippen LogP contribution in [0.25, 0.3) is 0 Å². The number of allylic oxidation sites excluding steroid dienone is 4. The number of hydrogen-bond donors (Lipinski definition) is 3. The SMILES string of the molecule is C[C@]12C=CC(=O)C=C1CC[C@H]1[C@@H]3CC[C@](O)(C(=O)C(=O)O)[C@@]3(C)CC(O)[C@@]12Cl. The average molecular weight is 409 g/mol. The van der Waals surface area contributed by atoms with E-state index in [0.717, 1.165) is 5.57 Å². The molecule has 1 unspecified atom stereocenters. The summed E-state index contributed by atoms with van der Waals surface area (Å²) in [6.45, 7) is 3.63. The molecule has 0 bridgehead atoms. The van der Waals surface area contributed by atoms with E-state index in [1.54, 1.807) is 19.1 Å². The van der Waals surface area contributed by atoms with Crippen LogP contribution < -0.4 is 0 Å². The number of carbonyl (C=O) groups excluding carboxylic acids is 2. The normalized spacial score (nSPS) is 49.7. The van der Waals surface area contributed by atoms with Gasteiger partial charge in [-0.05, 0) is 56.1 Å². The fourth-order valence-electron chi connectivity index (χ4n) is 6.77. The maximum absolute atomic E-state index is 12.4. The van der Waals surface area contributed by atoms with Crippen LogP contribution in [0.5, 0.6) is 0 Å². The highest BCUT2D eigenvalue weighted by Gasteiger charge is 2.73. The second-order valence-corrected chi connectivity index (χ2v) is 9.92. The molecule has 28 heavy (non-hydrogen) atoms. The van der Waals surface area contributed by atoms with E-state index in [4.69, 9.17) is 11.6 Å². The molecular weight excluding hydrogens is 384 g/mol. The third-order valence-electron chi connectivity index (χ3n) is 8.36. The number of Topliss-reactive ketones (excluding diaryl/α,β-unsaturated/α-hetero) is 1. The number of alkyl halides is 1. The second-order valence-electron chi connectivity index (χ2n) is 9.30. The Balaban J connectivity index is 1.81. The number of halogens is 1. The number of carboxylic acid groups (broad SMARTS) is 1. The lowest BCUT2D eigenvalue weighted by Crippen LogP contribution is -2.68. The van der Waals surface area contributed by atoms with Crippen LogP contribution in [0.1, 0.15) is 46.0 Å². The van der Waals surface area contributed by atoms with Crippen molar-refractivity contribution in [3.63, 3.8) is 0 Å². The zero-order valence-electron chi connectivity index (χ0n) is 15.9. The van der Waals surface area contributed by atoms with Crippen molar-refractivity contribution in [1.82, 2.24) is 0 Å². The van der Waals surface area contributed by atoms with Gasteiger partial charge in [0.1, 0.15) is 5.60 Å². The van der Waals surface area contributed by atoms with Crippen LogP contribution in [-0.2, 0) is 14.4 Å². The number of aliphatic hydroxyl groups excluding tert-OH is 1. The Morgan fingerprint density at radius 3 is 2.54 bits per heavy atom. The number of carboxylic acids is 1. The molecule has 0 aliphatic heterocycles. The number of rotatable bonds is 2.